The van der Waals surface area contributed by atoms with Gasteiger partial charge in [0.1, 0.15) is 0 Å². The van der Waals surface area contributed by atoms with Crippen molar-refractivity contribution in [3.8, 4) is 0 Å². The molecule has 0 aliphatic rings. The van der Waals surface area contributed by atoms with Gasteiger partial charge in [0.15, 0.2) is 5.96 Å². The van der Waals surface area contributed by atoms with E-state index in [-0.39, 0.29) is 24.0 Å². The van der Waals surface area contributed by atoms with Crippen molar-refractivity contribution in [3.63, 3.8) is 0 Å². The van der Waals surface area contributed by atoms with E-state index < -0.39 is 0 Å². The summed E-state index contributed by atoms with van der Waals surface area (Å²) in [4.78, 5) is 4.11. The SMILES string of the molecule is CN=C(NCCOC)NCCc1ccc(Cl)cc1Cl.I. The molecule has 2 N–H and O–H groups in total. The number of guanidine groups is 1. The first kappa shape index (κ1) is 19.8. The molecule has 1 aromatic rings. The standard InChI is InChI=1S/C13H19Cl2N3O.HI/c1-16-13(18-7-8-19-2)17-6-5-10-3-4-11(14)9-12(10)15;/h3-4,9H,5-8H2,1-2H3,(H2,16,17,18);1H. The quantitative estimate of drug-likeness (QED) is 0.315. The van der Waals surface area contributed by atoms with Crippen LogP contribution in [0.2, 0.25) is 10.0 Å². The zero-order valence-electron chi connectivity index (χ0n) is 11.6. The Bertz CT molecular complexity index is 430. The predicted molar refractivity (Wildman–Crippen MR) is 96.8 cm³/mol. The Morgan fingerprint density at radius 1 is 1.25 bits per heavy atom. The number of hydrogen-bond donors (Lipinski definition) is 2. The monoisotopic (exact) mass is 431 g/mol. The van der Waals surface area contributed by atoms with E-state index in [2.05, 4.69) is 15.6 Å². The van der Waals surface area contributed by atoms with Gasteiger partial charge in [-0.25, -0.2) is 0 Å². The molecule has 0 atom stereocenters. The fourth-order valence-electron chi connectivity index (χ4n) is 1.53. The maximum atomic E-state index is 6.11. The van der Waals surface area contributed by atoms with Crippen LogP contribution in [0.1, 0.15) is 5.56 Å². The second-order valence-electron chi connectivity index (χ2n) is 3.90. The topological polar surface area (TPSA) is 45.7 Å². The lowest BCUT2D eigenvalue weighted by Crippen LogP contribution is -2.39. The van der Waals surface area contributed by atoms with Gasteiger partial charge in [0, 0.05) is 37.3 Å². The summed E-state index contributed by atoms with van der Waals surface area (Å²) < 4.78 is 4.96. The summed E-state index contributed by atoms with van der Waals surface area (Å²) in [6, 6.07) is 5.53. The number of halogens is 3. The van der Waals surface area contributed by atoms with Crippen molar-refractivity contribution in [1.82, 2.24) is 10.6 Å². The summed E-state index contributed by atoms with van der Waals surface area (Å²) in [5, 5.41) is 7.69. The van der Waals surface area contributed by atoms with Crippen LogP contribution in [0.4, 0.5) is 0 Å². The molecule has 0 aliphatic heterocycles. The molecule has 7 heteroatoms. The van der Waals surface area contributed by atoms with Crippen molar-refractivity contribution < 1.29 is 4.74 Å². The molecule has 0 unspecified atom stereocenters. The average Bonchev–Trinajstić information content (AvgIpc) is 2.39. The number of rotatable bonds is 6. The summed E-state index contributed by atoms with van der Waals surface area (Å²) in [5.41, 5.74) is 1.06. The Balaban J connectivity index is 0.00000361. The molecule has 0 bridgehead atoms. The van der Waals surface area contributed by atoms with E-state index in [1.165, 1.54) is 0 Å². The number of ether oxygens (including phenoxy) is 1. The third-order valence-corrected chi connectivity index (χ3v) is 3.11. The molecule has 0 radical (unpaired) electrons. The third kappa shape index (κ3) is 7.52. The molecule has 4 nitrogen and oxygen atoms in total. The molecule has 20 heavy (non-hydrogen) atoms. The first-order valence-electron chi connectivity index (χ1n) is 6.04. The van der Waals surface area contributed by atoms with Gasteiger partial charge in [0.05, 0.1) is 6.61 Å². The number of nitrogens with zero attached hydrogens (tertiary/aromatic N) is 1. The highest BCUT2D eigenvalue weighted by Gasteiger charge is 2.02. The number of aliphatic imine (C=N–C) groups is 1. The summed E-state index contributed by atoms with van der Waals surface area (Å²) >= 11 is 12.0. The van der Waals surface area contributed by atoms with Gasteiger partial charge in [-0.1, -0.05) is 29.3 Å². The Hall–Kier alpha value is -0.240. The molecule has 0 fully saturated rings. The largest absolute Gasteiger partial charge is 0.383 e. The molecule has 0 heterocycles. The predicted octanol–water partition coefficient (Wildman–Crippen LogP) is 2.97. The highest BCUT2D eigenvalue weighted by Crippen LogP contribution is 2.20. The van der Waals surface area contributed by atoms with Crippen LogP contribution in [-0.2, 0) is 11.2 Å². The van der Waals surface area contributed by atoms with E-state index in [9.17, 15) is 0 Å². The maximum absolute atomic E-state index is 6.11. The highest BCUT2D eigenvalue weighted by atomic mass is 127. The molecule has 1 rings (SSSR count). The first-order chi connectivity index (χ1) is 9.17. The van der Waals surface area contributed by atoms with Gasteiger partial charge in [-0.3, -0.25) is 4.99 Å². The van der Waals surface area contributed by atoms with Crippen LogP contribution >= 0.6 is 47.2 Å². The number of methoxy groups -OCH3 is 1. The van der Waals surface area contributed by atoms with E-state index in [4.69, 9.17) is 27.9 Å². The zero-order valence-corrected chi connectivity index (χ0v) is 15.4. The second-order valence-corrected chi connectivity index (χ2v) is 4.75. The minimum Gasteiger partial charge on any atom is -0.383 e. The van der Waals surface area contributed by atoms with Crippen molar-refractivity contribution in [3.05, 3.63) is 33.8 Å². The van der Waals surface area contributed by atoms with Gasteiger partial charge in [-0.15, -0.1) is 24.0 Å². The van der Waals surface area contributed by atoms with E-state index in [0.29, 0.717) is 16.7 Å². The lowest BCUT2D eigenvalue weighted by molar-refractivity contribution is 0.203. The van der Waals surface area contributed by atoms with Gasteiger partial charge in [0.2, 0.25) is 0 Å². The third-order valence-electron chi connectivity index (χ3n) is 2.52. The van der Waals surface area contributed by atoms with Crippen molar-refractivity contribution >= 4 is 53.1 Å². The van der Waals surface area contributed by atoms with E-state index >= 15 is 0 Å². The van der Waals surface area contributed by atoms with E-state index in [0.717, 1.165) is 31.0 Å². The molecule has 0 aliphatic carbocycles. The van der Waals surface area contributed by atoms with Crippen molar-refractivity contribution in [1.29, 1.82) is 0 Å². The number of nitrogens with one attached hydrogen (secondary N) is 2. The van der Waals surface area contributed by atoms with Crippen molar-refractivity contribution in [2.45, 2.75) is 6.42 Å². The minimum atomic E-state index is 0. The van der Waals surface area contributed by atoms with Crippen LogP contribution in [-0.4, -0.2) is 39.8 Å². The second kappa shape index (κ2) is 11.4. The highest BCUT2D eigenvalue weighted by molar-refractivity contribution is 14.0. The maximum Gasteiger partial charge on any atom is 0.191 e. The zero-order chi connectivity index (χ0) is 14.1. The minimum absolute atomic E-state index is 0. The Kier molecular flexibility index (Phi) is 11.3. The fraction of sp³-hybridized carbons (Fsp3) is 0.462. The summed E-state index contributed by atoms with van der Waals surface area (Å²) in [7, 11) is 3.40. The summed E-state index contributed by atoms with van der Waals surface area (Å²) in [5.74, 6) is 0.752. The normalized spacial score (nSPS) is 10.9. The Labute approximate surface area is 147 Å². The lowest BCUT2D eigenvalue weighted by Gasteiger charge is -2.12. The molecule has 0 spiro atoms. The van der Waals surface area contributed by atoms with Crippen molar-refractivity contribution in [2.75, 3.05) is 33.9 Å². The molecular weight excluding hydrogens is 412 g/mol. The molecular formula is C13H20Cl2IN3O. The number of benzene rings is 1. The lowest BCUT2D eigenvalue weighted by atomic mass is 10.1. The molecule has 0 amide bonds. The van der Waals surface area contributed by atoms with Crippen LogP contribution in [0.5, 0.6) is 0 Å². The molecule has 0 saturated heterocycles. The van der Waals surface area contributed by atoms with Crippen LogP contribution in [0.3, 0.4) is 0 Å². The molecule has 1 aromatic carbocycles. The van der Waals surface area contributed by atoms with Gasteiger partial charge >= 0.3 is 0 Å². The fourth-order valence-corrected chi connectivity index (χ4v) is 2.04. The Morgan fingerprint density at radius 2 is 1.95 bits per heavy atom. The smallest absolute Gasteiger partial charge is 0.191 e. The van der Waals surface area contributed by atoms with Crippen LogP contribution in [0.25, 0.3) is 0 Å². The van der Waals surface area contributed by atoms with Gasteiger partial charge in [-0.2, -0.15) is 0 Å². The first-order valence-corrected chi connectivity index (χ1v) is 6.80. The number of hydrogen-bond acceptors (Lipinski definition) is 2. The van der Waals surface area contributed by atoms with E-state index in [1.54, 1.807) is 20.2 Å². The molecule has 0 saturated carbocycles. The van der Waals surface area contributed by atoms with Crippen LogP contribution in [0, 0.1) is 0 Å². The van der Waals surface area contributed by atoms with Gasteiger partial charge < -0.3 is 15.4 Å². The van der Waals surface area contributed by atoms with Gasteiger partial charge in [0.25, 0.3) is 0 Å². The van der Waals surface area contributed by atoms with Crippen molar-refractivity contribution in [2.24, 2.45) is 4.99 Å². The van der Waals surface area contributed by atoms with Crippen LogP contribution in [0.15, 0.2) is 23.2 Å². The summed E-state index contributed by atoms with van der Waals surface area (Å²) in [6.07, 6.45) is 0.807. The molecule has 114 valence electrons. The van der Waals surface area contributed by atoms with Gasteiger partial charge in [-0.05, 0) is 24.1 Å². The molecule has 0 aromatic heterocycles. The van der Waals surface area contributed by atoms with E-state index in [1.807, 2.05) is 12.1 Å². The Morgan fingerprint density at radius 3 is 2.55 bits per heavy atom. The summed E-state index contributed by atoms with van der Waals surface area (Å²) in [6.45, 7) is 2.11. The average molecular weight is 432 g/mol. The van der Waals surface area contributed by atoms with Crippen LogP contribution < -0.4 is 10.6 Å².